The Bertz CT molecular complexity index is 568. The highest BCUT2D eigenvalue weighted by Gasteiger charge is 2.38. The molecule has 0 heterocycles. The van der Waals surface area contributed by atoms with Gasteiger partial charge in [0, 0.05) is 24.6 Å². The minimum Gasteiger partial charge on any atom is -0.465 e. The van der Waals surface area contributed by atoms with Crippen LogP contribution in [0.25, 0.3) is 0 Å². The molecule has 2 atom stereocenters. The van der Waals surface area contributed by atoms with E-state index in [0.29, 0.717) is 23.7 Å². The first kappa shape index (κ1) is 16.0. The topological polar surface area (TPSA) is 84.5 Å². The molecule has 1 aromatic carbocycles. The van der Waals surface area contributed by atoms with Crippen LogP contribution >= 0.6 is 0 Å². The summed E-state index contributed by atoms with van der Waals surface area (Å²) in [5.74, 6) is 0.00340. The molecule has 1 aliphatic carbocycles. The average Bonchev–Trinajstić information content (AvgIpc) is 3.24. The summed E-state index contributed by atoms with van der Waals surface area (Å²) in [6, 6.07) is 6.43. The van der Waals surface area contributed by atoms with Crippen LogP contribution in [0.4, 0.5) is 5.69 Å². The standard InChI is InChI=1S/C16H20N2O4/c1-10-9-13(10)15(20)17-8-7-14(19)18-12-5-3-11(4-6-12)16(21)22-2/h3-6,10,13H,7-9H2,1-2H3,(H,17,20)(H,18,19). The molecule has 2 rings (SSSR count). The van der Waals surface area contributed by atoms with Gasteiger partial charge in [-0.3, -0.25) is 9.59 Å². The molecule has 6 nitrogen and oxygen atoms in total. The molecule has 2 amide bonds. The molecular formula is C16H20N2O4. The lowest BCUT2D eigenvalue weighted by Gasteiger charge is -2.07. The number of nitrogens with one attached hydrogen (secondary N) is 2. The summed E-state index contributed by atoms with van der Waals surface area (Å²) < 4.78 is 4.60. The normalized spacial score (nSPS) is 19.2. The highest BCUT2D eigenvalue weighted by atomic mass is 16.5. The summed E-state index contributed by atoms with van der Waals surface area (Å²) >= 11 is 0. The number of amides is 2. The van der Waals surface area contributed by atoms with E-state index in [4.69, 9.17) is 0 Å². The Kier molecular flexibility index (Phi) is 5.14. The Hall–Kier alpha value is -2.37. The molecule has 0 aliphatic heterocycles. The molecule has 0 radical (unpaired) electrons. The summed E-state index contributed by atoms with van der Waals surface area (Å²) in [7, 11) is 1.31. The van der Waals surface area contributed by atoms with Crippen molar-refractivity contribution in [1.82, 2.24) is 5.32 Å². The van der Waals surface area contributed by atoms with Gasteiger partial charge in [0.15, 0.2) is 0 Å². The summed E-state index contributed by atoms with van der Waals surface area (Å²) in [5, 5.41) is 5.47. The van der Waals surface area contributed by atoms with Crippen molar-refractivity contribution in [2.75, 3.05) is 19.0 Å². The molecular weight excluding hydrogens is 284 g/mol. The van der Waals surface area contributed by atoms with Gasteiger partial charge in [-0.2, -0.15) is 0 Å². The van der Waals surface area contributed by atoms with E-state index >= 15 is 0 Å². The van der Waals surface area contributed by atoms with Crippen LogP contribution in [0.2, 0.25) is 0 Å². The number of hydrogen-bond donors (Lipinski definition) is 2. The van der Waals surface area contributed by atoms with Gasteiger partial charge in [0.25, 0.3) is 0 Å². The number of methoxy groups -OCH3 is 1. The number of anilines is 1. The van der Waals surface area contributed by atoms with Crippen molar-refractivity contribution in [3.63, 3.8) is 0 Å². The predicted molar refractivity (Wildman–Crippen MR) is 81.3 cm³/mol. The zero-order chi connectivity index (χ0) is 16.1. The van der Waals surface area contributed by atoms with Crippen molar-refractivity contribution < 1.29 is 19.1 Å². The third kappa shape index (κ3) is 4.31. The minimum absolute atomic E-state index is 0.0303. The molecule has 22 heavy (non-hydrogen) atoms. The van der Waals surface area contributed by atoms with E-state index in [1.165, 1.54) is 7.11 Å². The second-order valence-electron chi connectivity index (χ2n) is 5.48. The van der Waals surface area contributed by atoms with Crippen LogP contribution in [-0.4, -0.2) is 31.4 Å². The van der Waals surface area contributed by atoms with Crippen molar-refractivity contribution in [3.05, 3.63) is 29.8 Å². The third-order valence-electron chi connectivity index (χ3n) is 3.69. The highest BCUT2D eigenvalue weighted by Crippen LogP contribution is 2.37. The fourth-order valence-electron chi connectivity index (χ4n) is 2.15. The Morgan fingerprint density at radius 1 is 1.23 bits per heavy atom. The Morgan fingerprint density at radius 2 is 1.86 bits per heavy atom. The van der Waals surface area contributed by atoms with Gasteiger partial charge in [-0.25, -0.2) is 4.79 Å². The molecule has 1 fully saturated rings. The van der Waals surface area contributed by atoms with Crippen LogP contribution in [0, 0.1) is 11.8 Å². The molecule has 0 spiro atoms. The van der Waals surface area contributed by atoms with E-state index in [1.807, 2.05) is 6.92 Å². The molecule has 0 aromatic heterocycles. The van der Waals surface area contributed by atoms with Gasteiger partial charge >= 0.3 is 5.97 Å². The fraction of sp³-hybridized carbons (Fsp3) is 0.438. The smallest absolute Gasteiger partial charge is 0.337 e. The van der Waals surface area contributed by atoms with Gasteiger partial charge < -0.3 is 15.4 Å². The van der Waals surface area contributed by atoms with Gasteiger partial charge in [0.1, 0.15) is 0 Å². The first-order valence-corrected chi connectivity index (χ1v) is 7.27. The van der Waals surface area contributed by atoms with Crippen LogP contribution in [0.1, 0.15) is 30.1 Å². The summed E-state index contributed by atoms with van der Waals surface area (Å²) in [4.78, 5) is 34.6. The zero-order valence-electron chi connectivity index (χ0n) is 12.7. The SMILES string of the molecule is COC(=O)c1ccc(NC(=O)CCNC(=O)C2CC2C)cc1. The highest BCUT2D eigenvalue weighted by molar-refractivity contribution is 5.93. The Balaban J connectivity index is 1.72. The van der Waals surface area contributed by atoms with E-state index in [0.717, 1.165) is 6.42 Å². The first-order valence-electron chi connectivity index (χ1n) is 7.27. The number of esters is 1. The molecule has 0 bridgehead atoms. The maximum atomic E-state index is 11.8. The molecule has 1 saturated carbocycles. The van der Waals surface area contributed by atoms with E-state index in [1.54, 1.807) is 24.3 Å². The van der Waals surface area contributed by atoms with Crippen molar-refractivity contribution in [2.45, 2.75) is 19.8 Å². The van der Waals surface area contributed by atoms with Crippen LogP contribution in [0.5, 0.6) is 0 Å². The van der Waals surface area contributed by atoms with Gasteiger partial charge in [0.05, 0.1) is 12.7 Å². The monoisotopic (exact) mass is 304 g/mol. The Labute approximate surface area is 129 Å². The van der Waals surface area contributed by atoms with Crippen LogP contribution in [0.15, 0.2) is 24.3 Å². The minimum atomic E-state index is -0.421. The number of rotatable bonds is 6. The third-order valence-corrected chi connectivity index (χ3v) is 3.69. The number of ether oxygens (including phenoxy) is 1. The quantitative estimate of drug-likeness (QED) is 0.781. The fourth-order valence-corrected chi connectivity index (χ4v) is 2.15. The number of carbonyl (C=O) groups is 3. The van der Waals surface area contributed by atoms with Crippen LogP contribution in [-0.2, 0) is 14.3 Å². The molecule has 2 N–H and O–H groups in total. The molecule has 1 aromatic rings. The molecule has 118 valence electrons. The van der Waals surface area contributed by atoms with E-state index < -0.39 is 5.97 Å². The van der Waals surface area contributed by atoms with E-state index in [9.17, 15) is 14.4 Å². The lowest BCUT2D eigenvalue weighted by Crippen LogP contribution is -2.29. The number of carbonyl (C=O) groups excluding carboxylic acids is 3. The van der Waals surface area contributed by atoms with Crippen molar-refractivity contribution in [1.29, 1.82) is 0 Å². The molecule has 2 unspecified atom stereocenters. The zero-order valence-corrected chi connectivity index (χ0v) is 12.7. The maximum absolute atomic E-state index is 11.8. The van der Waals surface area contributed by atoms with Crippen LogP contribution < -0.4 is 10.6 Å². The second-order valence-corrected chi connectivity index (χ2v) is 5.48. The van der Waals surface area contributed by atoms with Gasteiger partial charge in [-0.05, 0) is 36.6 Å². The lowest BCUT2D eigenvalue weighted by molar-refractivity contribution is -0.122. The van der Waals surface area contributed by atoms with E-state index in [-0.39, 0.29) is 24.2 Å². The summed E-state index contributed by atoms with van der Waals surface area (Å²) in [6.45, 7) is 2.36. The van der Waals surface area contributed by atoms with Gasteiger partial charge in [-0.15, -0.1) is 0 Å². The predicted octanol–water partition coefficient (Wildman–Crippen LogP) is 1.57. The van der Waals surface area contributed by atoms with Crippen molar-refractivity contribution in [3.8, 4) is 0 Å². The second kappa shape index (κ2) is 7.06. The number of hydrogen-bond acceptors (Lipinski definition) is 4. The van der Waals surface area contributed by atoms with Gasteiger partial charge in [-0.1, -0.05) is 6.92 Å². The van der Waals surface area contributed by atoms with E-state index in [2.05, 4.69) is 15.4 Å². The summed E-state index contributed by atoms with van der Waals surface area (Å²) in [5.41, 5.74) is 1.02. The molecule has 1 aliphatic rings. The maximum Gasteiger partial charge on any atom is 0.337 e. The Morgan fingerprint density at radius 3 is 2.41 bits per heavy atom. The van der Waals surface area contributed by atoms with Crippen molar-refractivity contribution >= 4 is 23.5 Å². The first-order chi connectivity index (χ1) is 10.5. The molecule has 0 saturated heterocycles. The van der Waals surface area contributed by atoms with Crippen LogP contribution in [0.3, 0.4) is 0 Å². The summed E-state index contributed by atoms with van der Waals surface area (Å²) in [6.07, 6.45) is 1.15. The molecule has 6 heteroatoms. The number of benzene rings is 1. The average molecular weight is 304 g/mol. The van der Waals surface area contributed by atoms with Crippen molar-refractivity contribution in [2.24, 2.45) is 11.8 Å². The van der Waals surface area contributed by atoms with Gasteiger partial charge in [0.2, 0.25) is 11.8 Å². The largest absolute Gasteiger partial charge is 0.465 e. The lowest BCUT2D eigenvalue weighted by atomic mass is 10.2.